The Hall–Kier alpha value is -1.02. The third-order valence-electron chi connectivity index (χ3n) is 4.10. The van der Waals surface area contributed by atoms with Crippen LogP contribution in [0, 0.1) is 12.8 Å². The lowest BCUT2D eigenvalue weighted by molar-refractivity contribution is 0.396. The van der Waals surface area contributed by atoms with Crippen LogP contribution in [0.25, 0.3) is 6.08 Å². The fraction of sp³-hybridized carbons (Fsp3) is 0.647. The fourth-order valence-electron chi connectivity index (χ4n) is 2.90. The van der Waals surface area contributed by atoms with E-state index in [-0.39, 0.29) is 0 Å². The van der Waals surface area contributed by atoms with Crippen molar-refractivity contribution in [3.8, 4) is 0 Å². The molecule has 19 heavy (non-hydrogen) atoms. The molecule has 1 saturated carbocycles. The minimum Gasteiger partial charge on any atom is -0.465 e. The van der Waals surface area contributed by atoms with E-state index in [2.05, 4.69) is 25.2 Å². The molecule has 1 heterocycles. The van der Waals surface area contributed by atoms with Gasteiger partial charge in [0, 0.05) is 6.54 Å². The van der Waals surface area contributed by atoms with E-state index in [4.69, 9.17) is 4.42 Å². The van der Waals surface area contributed by atoms with Crippen molar-refractivity contribution in [2.45, 2.75) is 52.4 Å². The first-order valence-electron chi connectivity index (χ1n) is 7.76. The lowest BCUT2D eigenvalue weighted by Gasteiger charge is -2.25. The molecule has 0 bridgehead atoms. The van der Waals surface area contributed by atoms with E-state index in [1.165, 1.54) is 49.7 Å². The Morgan fingerprint density at radius 3 is 2.79 bits per heavy atom. The number of rotatable bonds is 6. The van der Waals surface area contributed by atoms with E-state index < -0.39 is 0 Å². The quantitative estimate of drug-likeness (QED) is 0.760. The Kier molecular flexibility index (Phi) is 5.71. The van der Waals surface area contributed by atoms with Crippen molar-refractivity contribution in [2.24, 2.45) is 5.92 Å². The van der Waals surface area contributed by atoms with Gasteiger partial charge < -0.3 is 9.73 Å². The second kappa shape index (κ2) is 7.54. The van der Waals surface area contributed by atoms with Gasteiger partial charge in [0.2, 0.25) is 0 Å². The van der Waals surface area contributed by atoms with Crippen molar-refractivity contribution >= 4 is 6.08 Å². The van der Waals surface area contributed by atoms with E-state index in [0.29, 0.717) is 0 Å². The molecule has 0 amide bonds. The van der Waals surface area contributed by atoms with Crippen LogP contribution >= 0.6 is 0 Å². The molecule has 0 aromatic carbocycles. The molecule has 0 aliphatic heterocycles. The lowest BCUT2D eigenvalue weighted by atomic mass is 9.83. The predicted molar refractivity (Wildman–Crippen MR) is 81.2 cm³/mol. The summed E-state index contributed by atoms with van der Waals surface area (Å²) in [6.07, 6.45) is 12.1. The lowest BCUT2D eigenvalue weighted by Crippen LogP contribution is -2.23. The highest BCUT2D eigenvalue weighted by Gasteiger charge is 2.18. The molecule has 1 aliphatic carbocycles. The van der Waals surface area contributed by atoms with Crippen LogP contribution in [0.2, 0.25) is 0 Å². The minimum absolute atomic E-state index is 0.752. The monoisotopic (exact) mass is 261 g/mol. The summed E-state index contributed by atoms with van der Waals surface area (Å²) in [7, 11) is 0. The average molecular weight is 261 g/mol. The van der Waals surface area contributed by atoms with Crippen LogP contribution in [-0.4, -0.2) is 13.1 Å². The topological polar surface area (TPSA) is 25.2 Å². The second-order valence-electron chi connectivity index (χ2n) is 5.70. The maximum Gasteiger partial charge on any atom is 0.129 e. The minimum atomic E-state index is 0.752. The summed E-state index contributed by atoms with van der Waals surface area (Å²) in [6.45, 7) is 6.45. The smallest absolute Gasteiger partial charge is 0.129 e. The Balaban J connectivity index is 2.08. The van der Waals surface area contributed by atoms with Gasteiger partial charge in [-0.3, -0.25) is 0 Å². The molecule has 1 aromatic rings. The van der Waals surface area contributed by atoms with E-state index in [1.807, 2.05) is 6.07 Å². The van der Waals surface area contributed by atoms with E-state index in [1.54, 1.807) is 6.26 Å². The van der Waals surface area contributed by atoms with E-state index in [9.17, 15) is 0 Å². The van der Waals surface area contributed by atoms with Crippen molar-refractivity contribution in [2.75, 3.05) is 13.1 Å². The van der Waals surface area contributed by atoms with Gasteiger partial charge in [-0.1, -0.05) is 26.2 Å². The standard InChI is InChI=1S/C17H27NO/c1-3-10-18-13-16(15-7-5-4-6-8-15)12-17-14(2)9-11-19-17/h9,11-12,15,18H,3-8,10,13H2,1-2H3/b16-12-. The van der Waals surface area contributed by atoms with Crippen LogP contribution in [-0.2, 0) is 0 Å². The van der Waals surface area contributed by atoms with Crippen LogP contribution in [0.4, 0.5) is 0 Å². The van der Waals surface area contributed by atoms with Gasteiger partial charge in [0.25, 0.3) is 0 Å². The summed E-state index contributed by atoms with van der Waals surface area (Å²) < 4.78 is 5.59. The highest BCUT2D eigenvalue weighted by Crippen LogP contribution is 2.31. The normalized spacial score (nSPS) is 17.9. The molecule has 106 valence electrons. The largest absolute Gasteiger partial charge is 0.465 e. The number of aryl methyl sites for hydroxylation is 1. The van der Waals surface area contributed by atoms with Crippen molar-refractivity contribution < 1.29 is 4.42 Å². The van der Waals surface area contributed by atoms with Gasteiger partial charge >= 0.3 is 0 Å². The molecule has 2 nitrogen and oxygen atoms in total. The first-order chi connectivity index (χ1) is 9.31. The predicted octanol–water partition coefficient (Wildman–Crippen LogP) is 4.55. The van der Waals surface area contributed by atoms with Gasteiger partial charge in [0.1, 0.15) is 5.76 Å². The molecule has 0 atom stereocenters. The zero-order valence-corrected chi connectivity index (χ0v) is 12.4. The number of hydrogen-bond donors (Lipinski definition) is 1. The van der Waals surface area contributed by atoms with Gasteiger partial charge in [-0.2, -0.15) is 0 Å². The maximum absolute atomic E-state index is 5.59. The second-order valence-corrected chi connectivity index (χ2v) is 5.70. The van der Waals surface area contributed by atoms with Crippen LogP contribution in [0.1, 0.15) is 56.8 Å². The Morgan fingerprint density at radius 2 is 2.16 bits per heavy atom. The summed E-state index contributed by atoms with van der Waals surface area (Å²) in [5.41, 5.74) is 2.77. The molecular formula is C17H27NO. The Morgan fingerprint density at radius 1 is 1.37 bits per heavy atom. The van der Waals surface area contributed by atoms with Gasteiger partial charge in [0.15, 0.2) is 0 Å². The first kappa shape index (κ1) is 14.4. The molecule has 1 N–H and O–H groups in total. The maximum atomic E-state index is 5.59. The van der Waals surface area contributed by atoms with E-state index >= 15 is 0 Å². The number of nitrogens with one attached hydrogen (secondary N) is 1. The summed E-state index contributed by atoms with van der Waals surface area (Å²) in [5, 5.41) is 3.55. The van der Waals surface area contributed by atoms with Gasteiger partial charge in [-0.25, -0.2) is 0 Å². The Labute approximate surface area is 117 Å². The molecule has 1 fully saturated rings. The fourth-order valence-corrected chi connectivity index (χ4v) is 2.90. The van der Waals surface area contributed by atoms with Gasteiger partial charge in [-0.15, -0.1) is 0 Å². The molecule has 0 unspecified atom stereocenters. The van der Waals surface area contributed by atoms with Gasteiger partial charge in [-0.05, 0) is 61.9 Å². The molecule has 2 rings (SSSR count). The van der Waals surface area contributed by atoms with Crippen molar-refractivity contribution in [3.63, 3.8) is 0 Å². The molecule has 1 aliphatic rings. The molecule has 0 saturated heterocycles. The third kappa shape index (κ3) is 4.24. The summed E-state index contributed by atoms with van der Waals surface area (Å²) in [5.74, 6) is 1.79. The van der Waals surface area contributed by atoms with Crippen molar-refractivity contribution in [1.82, 2.24) is 5.32 Å². The molecular weight excluding hydrogens is 234 g/mol. The number of furan rings is 1. The summed E-state index contributed by atoms with van der Waals surface area (Å²) in [4.78, 5) is 0. The third-order valence-corrected chi connectivity index (χ3v) is 4.10. The van der Waals surface area contributed by atoms with Crippen LogP contribution < -0.4 is 5.32 Å². The molecule has 1 aromatic heterocycles. The van der Waals surface area contributed by atoms with E-state index in [0.717, 1.165) is 24.8 Å². The first-order valence-corrected chi connectivity index (χ1v) is 7.76. The molecule has 0 spiro atoms. The SMILES string of the molecule is CCCNC/C(=C/c1occc1C)C1CCCCC1. The highest BCUT2D eigenvalue weighted by atomic mass is 16.3. The van der Waals surface area contributed by atoms with Crippen molar-refractivity contribution in [3.05, 3.63) is 29.2 Å². The molecule has 2 heteroatoms. The Bertz CT molecular complexity index is 399. The van der Waals surface area contributed by atoms with Crippen LogP contribution in [0.3, 0.4) is 0 Å². The van der Waals surface area contributed by atoms with Gasteiger partial charge in [0.05, 0.1) is 6.26 Å². The van der Waals surface area contributed by atoms with Crippen LogP contribution in [0.5, 0.6) is 0 Å². The van der Waals surface area contributed by atoms with Crippen molar-refractivity contribution in [1.29, 1.82) is 0 Å². The van der Waals surface area contributed by atoms with Crippen LogP contribution in [0.15, 0.2) is 22.3 Å². The summed E-state index contributed by atoms with van der Waals surface area (Å²) in [6, 6.07) is 2.05. The average Bonchev–Trinajstić information content (AvgIpc) is 2.84. The zero-order valence-electron chi connectivity index (χ0n) is 12.4. The number of hydrogen-bond acceptors (Lipinski definition) is 2. The molecule has 0 radical (unpaired) electrons. The highest BCUT2D eigenvalue weighted by molar-refractivity contribution is 5.52. The zero-order chi connectivity index (χ0) is 13.5. The summed E-state index contributed by atoms with van der Waals surface area (Å²) >= 11 is 0.